The first-order valence-electron chi connectivity index (χ1n) is 9.17. The van der Waals surface area contributed by atoms with E-state index in [0.717, 1.165) is 23.3 Å². The van der Waals surface area contributed by atoms with E-state index in [-0.39, 0.29) is 6.61 Å². The molecule has 140 valence electrons. The van der Waals surface area contributed by atoms with Gasteiger partial charge in [-0.2, -0.15) is 0 Å². The highest BCUT2D eigenvalue weighted by atomic mass is 79.9. The second-order valence-electron chi connectivity index (χ2n) is 6.70. The Morgan fingerprint density at radius 2 is 1.30 bits per heavy atom. The second-order valence-corrected chi connectivity index (χ2v) is 7.61. The molecule has 3 aromatic carbocycles. The zero-order chi connectivity index (χ0) is 18.9. The van der Waals surface area contributed by atoms with Crippen molar-refractivity contribution < 1.29 is 14.7 Å². The third kappa shape index (κ3) is 6.83. The average Bonchev–Trinajstić information content (AvgIpc) is 2.69. The molecule has 0 unspecified atom stereocenters. The van der Waals surface area contributed by atoms with Crippen molar-refractivity contribution in [3.63, 3.8) is 0 Å². The van der Waals surface area contributed by atoms with Crippen molar-refractivity contribution in [1.29, 1.82) is 0 Å². The number of aliphatic hydroxyl groups excluding tert-OH is 1. The smallest absolute Gasteiger partial charge is 0.137 e. The zero-order valence-electron chi connectivity index (χ0n) is 15.2. The Morgan fingerprint density at radius 3 is 1.81 bits per heavy atom. The molecule has 27 heavy (non-hydrogen) atoms. The summed E-state index contributed by atoms with van der Waals surface area (Å²) >= 11 is 3.41. The Labute approximate surface area is 169 Å². The summed E-state index contributed by atoms with van der Waals surface area (Å²) in [4.78, 5) is 1.30. The minimum Gasteiger partial charge on any atom is -0.491 e. The Morgan fingerprint density at radius 1 is 0.778 bits per heavy atom. The summed E-state index contributed by atoms with van der Waals surface area (Å²) < 4.78 is 6.75. The largest absolute Gasteiger partial charge is 0.491 e. The normalized spacial score (nSPS) is 12.1. The number of rotatable bonds is 9. The first-order chi connectivity index (χ1) is 13.2. The summed E-state index contributed by atoms with van der Waals surface area (Å²) in [5.41, 5.74) is 2.54. The summed E-state index contributed by atoms with van der Waals surface area (Å²) in [6.45, 7) is 2.64. The van der Waals surface area contributed by atoms with E-state index in [1.165, 1.54) is 16.0 Å². The van der Waals surface area contributed by atoms with Crippen molar-refractivity contribution in [2.45, 2.75) is 19.2 Å². The summed E-state index contributed by atoms with van der Waals surface area (Å²) in [6.07, 6.45) is -0.531. The van der Waals surface area contributed by atoms with E-state index >= 15 is 0 Å². The van der Waals surface area contributed by atoms with Crippen LogP contribution in [0.2, 0.25) is 0 Å². The second kappa shape index (κ2) is 10.3. The van der Waals surface area contributed by atoms with Gasteiger partial charge >= 0.3 is 0 Å². The number of hydrogen-bond donors (Lipinski definition) is 2. The molecule has 0 fully saturated rings. The van der Waals surface area contributed by atoms with Crippen LogP contribution in [-0.4, -0.2) is 24.4 Å². The fourth-order valence-corrected chi connectivity index (χ4v) is 3.36. The fourth-order valence-electron chi connectivity index (χ4n) is 3.09. The lowest BCUT2D eigenvalue weighted by Crippen LogP contribution is -3.10. The van der Waals surface area contributed by atoms with Crippen LogP contribution in [0.3, 0.4) is 0 Å². The number of halogens is 1. The van der Waals surface area contributed by atoms with E-state index in [1.54, 1.807) is 0 Å². The van der Waals surface area contributed by atoms with Crippen LogP contribution < -0.4 is 9.64 Å². The van der Waals surface area contributed by atoms with Crippen LogP contribution in [0.4, 0.5) is 0 Å². The Kier molecular flexibility index (Phi) is 7.45. The van der Waals surface area contributed by atoms with Crippen molar-refractivity contribution in [3.8, 4) is 5.75 Å². The highest BCUT2D eigenvalue weighted by Crippen LogP contribution is 2.16. The van der Waals surface area contributed by atoms with Gasteiger partial charge in [0.1, 0.15) is 38.1 Å². The van der Waals surface area contributed by atoms with Crippen LogP contribution >= 0.6 is 15.9 Å². The summed E-state index contributed by atoms with van der Waals surface area (Å²) in [5.74, 6) is 0.768. The Bertz CT molecular complexity index is 752. The number of aliphatic hydroxyl groups is 1. The quantitative estimate of drug-likeness (QED) is 0.549. The molecule has 2 N–H and O–H groups in total. The Hall–Kier alpha value is -2.14. The van der Waals surface area contributed by atoms with Crippen LogP contribution in [0.5, 0.6) is 5.75 Å². The average molecular weight is 427 g/mol. The minimum atomic E-state index is -0.531. The zero-order valence-corrected chi connectivity index (χ0v) is 16.8. The molecule has 3 aromatic rings. The van der Waals surface area contributed by atoms with Crippen LogP contribution in [0.1, 0.15) is 11.1 Å². The fraction of sp³-hybridized carbons (Fsp3) is 0.217. The van der Waals surface area contributed by atoms with Crippen LogP contribution in [0.25, 0.3) is 0 Å². The van der Waals surface area contributed by atoms with Gasteiger partial charge < -0.3 is 14.7 Å². The lowest BCUT2D eigenvalue weighted by Gasteiger charge is -2.23. The monoisotopic (exact) mass is 426 g/mol. The topological polar surface area (TPSA) is 33.9 Å². The molecule has 0 bridgehead atoms. The van der Waals surface area contributed by atoms with E-state index in [0.29, 0.717) is 6.54 Å². The third-order valence-electron chi connectivity index (χ3n) is 4.37. The van der Waals surface area contributed by atoms with Gasteiger partial charge in [-0.05, 0) is 24.3 Å². The van der Waals surface area contributed by atoms with Crippen LogP contribution in [-0.2, 0) is 13.1 Å². The Balaban J connectivity index is 1.59. The molecule has 0 radical (unpaired) electrons. The first-order valence-corrected chi connectivity index (χ1v) is 9.96. The van der Waals surface area contributed by atoms with Gasteiger partial charge in [0.05, 0.1) is 0 Å². The summed E-state index contributed by atoms with van der Waals surface area (Å²) in [5, 5.41) is 10.5. The van der Waals surface area contributed by atoms with Crippen molar-refractivity contribution in [2.24, 2.45) is 0 Å². The highest BCUT2D eigenvalue weighted by Gasteiger charge is 2.17. The lowest BCUT2D eigenvalue weighted by molar-refractivity contribution is -0.930. The summed E-state index contributed by atoms with van der Waals surface area (Å²) in [6, 6.07) is 28.5. The van der Waals surface area contributed by atoms with Crippen molar-refractivity contribution in [2.75, 3.05) is 13.2 Å². The van der Waals surface area contributed by atoms with Gasteiger partial charge in [0, 0.05) is 15.6 Å². The first kappa shape index (κ1) is 19.6. The number of ether oxygens (including phenoxy) is 1. The molecule has 4 heteroatoms. The van der Waals surface area contributed by atoms with Gasteiger partial charge in [0.2, 0.25) is 0 Å². The molecule has 0 heterocycles. The SMILES string of the molecule is O[C@H](COc1ccc(Br)cc1)C[NH+](Cc1ccccc1)Cc1ccccc1. The molecular weight excluding hydrogens is 402 g/mol. The maximum Gasteiger partial charge on any atom is 0.137 e. The van der Waals surface area contributed by atoms with E-state index < -0.39 is 6.10 Å². The van der Waals surface area contributed by atoms with Gasteiger partial charge in [0.15, 0.2) is 0 Å². The van der Waals surface area contributed by atoms with Crippen molar-refractivity contribution >= 4 is 15.9 Å². The third-order valence-corrected chi connectivity index (χ3v) is 4.90. The molecule has 0 amide bonds. The van der Waals surface area contributed by atoms with E-state index in [2.05, 4.69) is 64.5 Å². The maximum absolute atomic E-state index is 10.5. The lowest BCUT2D eigenvalue weighted by atomic mass is 10.1. The van der Waals surface area contributed by atoms with Crippen LogP contribution in [0.15, 0.2) is 89.4 Å². The van der Waals surface area contributed by atoms with Gasteiger partial charge in [-0.3, -0.25) is 0 Å². The van der Waals surface area contributed by atoms with Crippen LogP contribution in [0, 0.1) is 0 Å². The molecule has 3 nitrogen and oxygen atoms in total. The number of hydrogen-bond acceptors (Lipinski definition) is 2. The van der Waals surface area contributed by atoms with E-state index in [9.17, 15) is 5.11 Å². The van der Waals surface area contributed by atoms with E-state index in [1.807, 2.05) is 36.4 Å². The van der Waals surface area contributed by atoms with Gasteiger partial charge in [-0.15, -0.1) is 0 Å². The summed E-state index contributed by atoms with van der Waals surface area (Å²) in [7, 11) is 0. The van der Waals surface area contributed by atoms with E-state index in [4.69, 9.17) is 4.74 Å². The molecule has 0 saturated heterocycles. The molecule has 0 spiro atoms. The number of benzene rings is 3. The highest BCUT2D eigenvalue weighted by molar-refractivity contribution is 9.10. The number of quaternary nitrogens is 1. The molecular formula is C23H25BrNO2+. The molecule has 0 aliphatic carbocycles. The minimum absolute atomic E-state index is 0.286. The predicted molar refractivity (Wildman–Crippen MR) is 112 cm³/mol. The predicted octanol–water partition coefficient (Wildman–Crippen LogP) is 3.47. The standard InChI is InChI=1S/C23H24BrNO2/c24-21-11-13-23(14-12-21)27-18-22(26)17-25(15-19-7-3-1-4-8-19)16-20-9-5-2-6-10-20/h1-14,22,26H,15-18H2/p+1/t22-/m0/s1. The molecule has 0 aliphatic rings. The van der Waals surface area contributed by atoms with Gasteiger partial charge in [-0.1, -0.05) is 76.6 Å². The molecule has 0 aliphatic heterocycles. The van der Waals surface area contributed by atoms with Gasteiger partial charge in [-0.25, -0.2) is 0 Å². The molecule has 3 rings (SSSR count). The maximum atomic E-state index is 10.5. The van der Waals surface area contributed by atoms with Crippen molar-refractivity contribution in [3.05, 3.63) is 101 Å². The molecule has 0 saturated carbocycles. The van der Waals surface area contributed by atoms with Gasteiger partial charge in [0.25, 0.3) is 0 Å². The molecule has 0 aromatic heterocycles. The molecule has 1 atom stereocenters. The number of nitrogens with one attached hydrogen (secondary N) is 1. The van der Waals surface area contributed by atoms with Crippen molar-refractivity contribution in [1.82, 2.24) is 0 Å².